The average molecular weight is 351 g/mol. The molecule has 0 radical (unpaired) electrons. The number of hydrogen-bond acceptors (Lipinski definition) is 3. The summed E-state index contributed by atoms with van der Waals surface area (Å²) in [5.74, 6) is -0.582. The van der Waals surface area contributed by atoms with E-state index in [0.717, 1.165) is 42.4 Å². The largest absolute Gasteiger partial charge is 0.455 e. The van der Waals surface area contributed by atoms with Gasteiger partial charge in [-0.2, -0.15) is 0 Å². The molecule has 1 saturated carbocycles. The molecule has 0 saturated heterocycles. The van der Waals surface area contributed by atoms with Gasteiger partial charge in [0.1, 0.15) is 0 Å². The topological polar surface area (TPSA) is 55.4 Å². The number of esters is 1. The average Bonchev–Trinajstić information content (AvgIpc) is 2.68. The highest BCUT2D eigenvalue weighted by molar-refractivity contribution is 5.81. The van der Waals surface area contributed by atoms with E-state index < -0.39 is 0 Å². The summed E-state index contributed by atoms with van der Waals surface area (Å²) >= 11 is 0. The van der Waals surface area contributed by atoms with E-state index in [1.165, 1.54) is 6.42 Å². The van der Waals surface area contributed by atoms with E-state index in [9.17, 15) is 9.59 Å². The number of carbonyl (C=O) groups excluding carboxylic acids is 2. The molecule has 0 aromatic heterocycles. The number of nitrogens with one attached hydrogen (secondary N) is 1. The molecule has 4 nitrogen and oxygen atoms in total. The van der Waals surface area contributed by atoms with Gasteiger partial charge in [0.2, 0.25) is 0 Å². The molecule has 0 unspecified atom stereocenters. The third-order valence-electron chi connectivity index (χ3n) is 4.74. The highest BCUT2D eigenvalue weighted by Crippen LogP contribution is 2.19. The Labute approximate surface area is 154 Å². The quantitative estimate of drug-likeness (QED) is 0.804. The van der Waals surface area contributed by atoms with Gasteiger partial charge >= 0.3 is 5.97 Å². The third kappa shape index (κ3) is 5.45. The van der Waals surface area contributed by atoms with Crippen molar-refractivity contribution in [1.29, 1.82) is 0 Å². The summed E-state index contributed by atoms with van der Waals surface area (Å²) in [6.07, 6.45) is 5.77. The Bertz CT molecular complexity index is 719. The van der Waals surface area contributed by atoms with Gasteiger partial charge in [0.15, 0.2) is 6.61 Å². The summed E-state index contributed by atoms with van der Waals surface area (Å²) in [7, 11) is 0. The molecular weight excluding hydrogens is 326 g/mol. The Balaban J connectivity index is 1.43. The zero-order valence-corrected chi connectivity index (χ0v) is 14.9. The van der Waals surface area contributed by atoms with Gasteiger partial charge in [-0.3, -0.25) is 9.59 Å². The zero-order chi connectivity index (χ0) is 18.2. The van der Waals surface area contributed by atoms with Crippen LogP contribution in [-0.4, -0.2) is 24.5 Å². The van der Waals surface area contributed by atoms with Crippen molar-refractivity contribution in [3.8, 4) is 11.1 Å². The normalized spacial score (nSPS) is 14.6. The SMILES string of the molecule is O=C(COC(=O)Cc1ccc(-c2ccccc2)cc1)NC1CCCCC1. The number of ether oxygens (including phenoxy) is 1. The van der Waals surface area contributed by atoms with Crippen LogP contribution < -0.4 is 5.32 Å². The van der Waals surface area contributed by atoms with Crippen LogP contribution in [0.15, 0.2) is 54.6 Å². The fraction of sp³-hybridized carbons (Fsp3) is 0.364. The van der Waals surface area contributed by atoms with Gasteiger partial charge in [-0.05, 0) is 29.5 Å². The molecule has 3 rings (SSSR count). The van der Waals surface area contributed by atoms with Crippen LogP contribution in [0.4, 0.5) is 0 Å². The summed E-state index contributed by atoms with van der Waals surface area (Å²) in [5.41, 5.74) is 3.12. The molecule has 2 aromatic carbocycles. The lowest BCUT2D eigenvalue weighted by Crippen LogP contribution is -2.38. The van der Waals surface area contributed by atoms with Gasteiger partial charge in [-0.25, -0.2) is 0 Å². The standard InChI is InChI=1S/C22H25NO3/c24-21(23-20-9-5-2-6-10-20)16-26-22(25)15-17-11-13-19(14-12-17)18-7-3-1-4-8-18/h1,3-4,7-8,11-14,20H,2,5-6,9-10,15-16H2,(H,23,24). The van der Waals surface area contributed by atoms with Crippen LogP contribution in [0.3, 0.4) is 0 Å². The fourth-order valence-corrected chi connectivity index (χ4v) is 3.33. The maximum absolute atomic E-state index is 12.0. The van der Waals surface area contributed by atoms with Crippen molar-refractivity contribution >= 4 is 11.9 Å². The lowest BCUT2D eigenvalue weighted by atomic mass is 9.95. The van der Waals surface area contributed by atoms with Crippen molar-refractivity contribution in [2.45, 2.75) is 44.6 Å². The smallest absolute Gasteiger partial charge is 0.310 e. The van der Waals surface area contributed by atoms with E-state index in [4.69, 9.17) is 4.74 Å². The van der Waals surface area contributed by atoms with Crippen LogP contribution >= 0.6 is 0 Å². The number of carbonyl (C=O) groups is 2. The maximum atomic E-state index is 12.0. The number of hydrogen-bond donors (Lipinski definition) is 1. The lowest BCUT2D eigenvalue weighted by molar-refractivity contribution is -0.148. The number of amides is 1. The molecule has 1 fully saturated rings. The molecule has 1 amide bonds. The van der Waals surface area contributed by atoms with Crippen LogP contribution in [0.5, 0.6) is 0 Å². The Kier molecular flexibility index (Phi) is 6.42. The minimum absolute atomic E-state index is 0.172. The first-order valence-corrected chi connectivity index (χ1v) is 9.30. The maximum Gasteiger partial charge on any atom is 0.310 e. The van der Waals surface area contributed by atoms with Crippen molar-refractivity contribution in [3.63, 3.8) is 0 Å². The molecule has 0 bridgehead atoms. The van der Waals surface area contributed by atoms with E-state index in [-0.39, 0.29) is 30.9 Å². The summed E-state index contributed by atoms with van der Waals surface area (Å²) in [4.78, 5) is 23.8. The molecule has 0 spiro atoms. The highest BCUT2D eigenvalue weighted by Gasteiger charge is 2.16. The first-order valence-electron chi connectivity index (χ1n) is 9.30. The first-order chi connectivity index (χ1) is 12.7. The molecule has 1 aliphatic carbocycles. The summed E-state index contributed by atoms with van der Waals surface area (Å²) in [5, 5.41) is 2.95. The van der Waals surface area contributed by atoms with Crippen molar-refractivity contribution in [3.05, 3.63) is 60.2 Å². The number of rotatable bonds is 6. The molecule has 0 aliphatic heterocycles. The Morgan fingerprint density at radius 2 is 1.54 bits per heavy atom. The molecule has 1 N–H and O–H groups in total. The van der Waals surface area contributed by atoms with Gasteiger partial charge in [0, 0.05) is 6.04 Å². The van der Waals surface area contributed by atoms with Gasteiger partial charge in [-0.15, -0.1) is 0 Å². The predicted molar refractivity (Wildman–Crippen MR) is 102 cm³/mol. The van der Waals surface area contributed by atoms with Crippen molar-refractivity contribution in [1.82, 2.24) is 5.32 Å². The highest BCUT2D eigenvalue weighted by atomic mass is 16.5. The van der Waals surface area contributed by atoms with Crippen LogP contribution in [-0.2, 0) is 20.7 Å². The predicted octanol–water partition coefficient (Wildman–Crippen LogP) is 3.89. The molecular formula is C22H25NO3. The van der Waals surface area contributed by atoms with Crippen molar-refractivity contribution in [2.75, 3.05) is 6.61 Å². The fourth-order valence-electron chi connectivity index (χ4n) is 3.33. The summed E-state index contributed by atoms with van der Waals surface area (Å²) in [6, 6.07) is 18.2. The lowest BCUT2D eigenvalue weighted by Gasteiger charge is -2.22. The Morgan fingerprint density at radius 3 is 2.23 bits per heavy atom. The van der Waals surface area contributed by atoms with Gasteiger partial charge < -0.3 is 10.1 Å². The van der Waals surface area contributed by atoms with Crippen molar-refractivity contribution in [2.24, 2.45) is 0 Å². The van der Waals surface area contributed by atoms with Gasteiger partial charge in [-0.1, -0.05) is 73.9 Å². The number of benzene rings is 2. The molecule has 2 aromatic rings. The van der Waals surface area contributed by atoms with Crippen LogP contribution in [0.2, 0.25) is 0 Å². The first kappa shape index (κ1) is 18.2. The van der Waals surface area contributed by atoms with Crippen LogP contribution in [0.1, 0.15) is 37.7 Å². The van der Waals surface area contributed by atoms with Crippen LogP contribution in [0, 0.1) is 0 Å². The van der Waals surface area contributed by atoms with Crippen molar-refractivity contribution < 1.29 is 14.3 Å². The van der Waals surface area contributed by atoms with Gasteiger partial charge in [0.25, 0.3) is 5.91 Å². The summed E-state index contributed by atoms with van der Waals surface area (Å²) in [6.45, 7) is -0.197. The molecule has 0 atom stereocenters. The minimum Gasteiger partial charge on any atom is -0.455 e. The third-order valence-corrected chi connectivity index (χ3v) is 4.74. The van der Waals surface area contributed by atoms with E-state index in [1.807, 2.05) is 54.6 Å². The monoisotopic (exact) mass is 351 g/mol. The van der Waals surface area contributed by atoms with E-state index >= 15 is 0 Å². The minimum atomic E-state index is -0.378. The van der Waals surface area contributed by atoms with E-state index in [0.29, 0.717) is 0 Å². The Morgan fingerprint density at radius 1 is 0.885 bits per heavy atom. The second-order valence-electron chi connectivity index (χ2n) is 6.80. The second kappa shape index (κ2) is 9.18. The Hall–Kier alpha value is -2.62. The molecule has 26 heavy (non-hydrogen) atoms. The molecule has 1 aliphatic rings. The molecule has 0 heterocycles. The molecule has 4 heteroatoms. The zero-order valence-electron chi connectivity index (χ0n) is 14.9. The van der Waals surface area contributed by atoms with Gasteiger partial charge in [0.05, 0.1) is 6.42 Å². The molecule has 136 valence electrons. The summed E-state index contributed by atoms with van der Waals surface area (Å²) < 4.78 is 5.11. The van der Waals surface area contributed by atoms with Crippen LogP contribution in [0.25, 0.3) is 11.1 Å². The van der Waals surface area contributed by atoms with E-state index in [1.54, 1.807) is 0 Å². The second-order valence-corrected chi connectivity index (χ2v) is 6.80. The van der Waals surface area contributed by atoms with E-state index in [2.05, 4.69) is 5.32 Å².